The third-order valence-electron chi connectivity index (χ3n) is 2.13. The molecule has 0 bridgehead atoms. The van der Waals surface area contributed by atoms with Crippen LogP contribution < -0.4 is 5.32 Å². The Hall–Kier alpha value is -1.50. The molecule has 0 spiro atoms. The number of carboxylic acids is 1. The van der Waals surface area contributed by atoms with E-state index < -0.39 is 5.97 Å². The van der Waals surface area contributed by atoms with Gasteiger partial charge in [-0.3, -0.25) is 9.59 Å². The average Bonchev–Trinajstić information content (AvgIpc) is 2.15. The standard InChI is InChI=1S/C12H19NO3/c1-3-4-5-6-7-13-11(14)8-10(2)9-12(15)16/h1,10H,4-9H2,2H3,(H,13,14)(H,15,16). The number of hydrogen-bond acceptors (Lipinski definition) is 2. The molecule has 0 heterocycles. The lowest BCUT2D eigenvalue weighted by Crippen LogP contribution is -2.26. The molecule has 0 fully saturated rings. The van der Waals surface area contributed by atoms with Crippen LogP contribution in [0.4, 0.5) is 0 Å². The summed E-state index contributed by atoms with van der Waals surface area (Å²) in [5.74, 6) is 1.45. The van der Waals surface area contributed by atoms with E-state index in [2.05, 4.69) is 11.2 Å². The van der Waals surface area contributed by atoms with Crippen molar-refractivity contribution in [2.45, 2.75) is 39.0 Å². The van der Waals surface area contributed by atoms with Crippen LogP contribution in [0.25, 0.3) is 0 Å². The van der Waals surface area contributed by atoms with E-state index in [9.17, 15) is 9.59 Å². The number of carboxylic acid groups (broad SMARTS) is 1. The van der Waals surface area contributed by atoms with Gasteiger partial charge in [-0.1, -0.05) is 6.92 Å². The zero-order valence-electron chi connectivity index (χ0n) is 9.66. The molecule has 0 aliphatic heterocycles. The molecule has 0 aromatic carbocycles. The molecule has 1 atom stereocenters. The van der Waals surface area contributed by atoms with Gasteiger partial charge in [-0.05, 0) is 18.8 Å². The first-order chi connectivity index (χ1) is 7.56. The second kappa shape index (κ2) is 8.78. The van der Waals surface area contributed by atoms with E-state index in [1.54, 1.807) is 6.92 Å². The summed E-state index contributed by atoms with van der Waals surface area (Å²) in [5, 5.41) is 11.3. The lowest BCUT2D eigenvalue weighted by atomic mass is 10.0. The second-order valence-corrected chi connectivity index (χ2v) is 3.92. The van der Waals surface area contributed by atoms with Crippen LogP contribution in [0.2, 0.25) is 0 Å². The number of nitrogens with one attached hydrogen (secondary N) is 1. The largest absolute Gasteiger partial charge is 0.481 e. The van der Waals surface area contributed by atoms with Gasteiger partial charge in [-0.2, -0.15) is 0 Å². The fraction of sp³-hybridized carbons (Fsp3) is 0.667. The molecule has 0 rings (SSSR count). The number of carbonyl (C=O) groups excluding carboxylic acids is 1. The van der Waals surface area contributed by atoms with Gasteiger partial charge >= 0.3 is 5.97 Å². The minimum atomic E-state index is -0.866. The van der Waals surface area contributed by atoms with Crippen molar-refractivity contribution in [2.75, 3.05) is 6.54 Å². The fourth-order valence-electron chi connectivity index (χ4n) is 1.34. The highest BCUT2D eigenvalue weighted by Gasteiger charge is 2.11. The topological polar surface area (TPSA) is 66.4 Å². The first-order valence-electron chi connectivity index (χ1n) is 5.48. The Morgan fingerprint density at radius 1 is 1.38 bits per heavy atom. The lowest BCUT2D eigenvalue weighted by Gasteiger charge is -2.08. The number of amides is 1. The van der Waals surface area contributed by atoms with Crippen molar-refractivity contribution in [3.05, 3.63) is 0 Å². The number of carbonyl (C=O) groups is 2. The Bertz CT molecular complexity index is 268. The molecule has 1 amide bonds. The molecule has 2 N–H and O–H groups in total. The third kappa shape index (κ3) is 9.07. The van der Waals surface area contributed by atoms with Crippen molar-refractivity contribution in [1.82, 2.24) is 5.32 Å². The maximum atomic E-state index is 11.3. The highest BCUT2D eigenvalue weighted by Crippen LogP contribution is 2.06. The van der Waals surface area contributed by atoms with Gasteiger partial charge in [-0.25, -0.2) is 0 Å². The van der Waals surface area contributed by atoms with E-state index in [0.717, 1.165) is 19.3 Å². The number of unbranched alkanes of at least 4 members (excludes halogenated alkanes) is 2. The molecular weight excluding hydrogens is 206 g/mol. The maximum Gasteiger partial charge on any atom is 0.303 e. The van der Waals surface area contributed by atoms with E-state index in [4.69, 9.17) is 11.5 Å². The average molecular weight is 225 g/mol. The van der Waals surface area contributed by atoms with Crippen LogP contribution in [0.1, 0.15) is 39.0 Å². The summed E-state index contributed by atoms with van der Waals surface area (Å²) < 4.78 is 0. The van der Waals surface area contributed by atoms with Crippen LogP contribution in [-0.4, -0.2) is 23.5 Å². The molecule has 16 heavy (non-hydrogen) atoms. The van der Waals surface area contributed by atoms with E-state index in [1.165, 1.54) is 0 Å². The number of rotatable bonds is 8. The monoisotopic (exact) mass is 225 g/mol. The molecule has 0 aromatic rings. The Morgan fingerprint density at radius 3 is 2.62 bits per heavy atom. The van der Waals surface area contributed by atoms with Gasteiger partial charge in [0, 0.05) is 25.8 Å². The SMILES string of the molecule is C#CCCCCNC(=O)CC(C)CC(=O)O. The van der Waals surface area contributed by atoms with Gasteiger partial charge in [-0.15, -0.1) is 12.3 Å². The first kappa shape index (κ1) is 14.5. The summed E-state index contributed by atoms with van der Waals surface area (Å²) in [4.78, 5) is 21.7. The molecule has 0 aromatic heterocycles. The molecule has 4 nitrogen and oxygen atoms in total. The van der Waals surface area contributed by atoms with Gasteiger partial charge in [0.25, 0.3) is 0 Å². The molecular formula is C12H19NO3. The summed E-state index contributed by atoms with van der Waals surface area (Å²) >= 11 is 0. The van der Waals surface area contributed by atoms with Gasteiger partial charge in [0.1, 0.15) is 0 Å². The molecule has 0 saturated heterocycles. The van der Waals surface area contributed by atoms with Crippen molar-refractivity contribution in [1.29, 1.82) is 0 Å². The molecule has 0 aliphatic rings. The molecule has 90 valence electrons. The summed E-state index contributed by atoms with van der Waals surface area (Å²) in [6, 6.07) is 0. The van der Waals surface area contributed by atoms with Crippen molar-refractivity contribution in [2.24, 2.45) is 5.92 Å². The Morgan fingerprint density at radius 2 is 2.06 bits per heavy atom. The van der Waals surface area contributed by atoms with Crippen LogP contribution in [0.15, 0.2) is 0 Å². The summed E-state index contributed by atoms with van der Waals surface area (Å²) in [7, 11) is 0. The van der Waals surface area contributed by atoms with Crippen molar-refractivity contribution < 1.29 is 14.7 Å². The smallest absolute Gasteiger partial charge is 0.303 e. The van der Waals surface area contributed by atoms with Crippen LogP contribution in [0.5, 0.6) is 0 Å². The van der Waals surface area contributed by atoms with Gasteiger partial charge < -0.3 is 10.4 Å². The molecule has 1 unspecified atom stereocenters. The Balaban J connectivity index is 3.51. The Kier molecular flexibility index (Phi) is 7.96. The van der Waals surface area contributed by atoms with Crippen LogP contribution in [0.3, 0.4) is 0 Å². The second-order valence-electron chi connectivity index (χ2n) is 3.92. The molecule has 0 radical (unpaired) electrons. The predicted molar refractivity (Wildman–Crippen MR) is 61.7 cm³/mol. The summed E-state index contributed by atoms with van der Waals surface area (Å²) in [6.45, 7) is 2.37. The zero-order chi connectivity index (χ0) is 12.4. The lowest BCUT2D eigenvalue weighted by molar-refractivity contribution is -0.138. The van der Waals surface area contributed by atoms with Gasteiger partial charge in [0.05, 0.1) is 0 Å². The van der Waals surface area contributed by atoms with Crippen LogP contribution in [0, 0.1) is 18.3 Å². The normalized spacial score (nSPS) is 11.5. The number of terminal acetylenes is 1. The number of hydrogen-bond donors (Lipinski definition) is 2. The molecule has 0 aliphatic carbocycles. The zero-order valence-corrected chi connectivity index (χ0v) is 9.66. The summed E-state index contributed by atoms with van der Waals surface area (Å²) in [5.41, 5.74) is 0. The quantitative estimate of drug-likeness (QED) is 0.485. The fourth-order valence-corrected chi connectivity index (χ4v) is 1.34. The predicted octanol–water partition coefficient (Wildman–Crippen LogP) is 1.41. The minimum absolute atomic E-state index is 0.0323. The Labute approximate surface area is 96.4 Å². The highest BCUT2D eigenvalue weighted by atomic mass is 16.4. The van der Waals surface area contributed by atoms with E-state index >= 15 is 0 Å². The summed E-state index contributed by atoms with van der Waals surface area (Å²) in [6.07, 6.45) is 7.88. The molecule has 4 heteroatoms. The van der Waals surface area contributed by atoms with E-state index in [-0.39, 0.29) is 24.7 Å². The van der Waals surface area contributed by atoms with E-state index in [0.29, 0.717) is 6.54 Å². The van der Waals surface area contributed by atoms with Gasteiger partial charge in [0.15, 0.2) is 0 Å². The van der Waals surface area contributed by atoms with Crippen molar-refractivity contribution in [3.8, 4) is 12.3 Å². The van der Waals surface area contributed by atoms with Crippen LogP contribution >= 0.6 is 0 Å². The minimum Gasteiger partial charge on any atom is -0.481 e. The highest BCUT2D eigenvalue weighted by molar-refractivity contribution is 5.77. The van der Waals surface area contributed by atoms with Crippen molar-refractivity contribution in [3.63, 3.8) is 0 Å². The molecule has 0 saturated carbocycles. The van der Waals surface area contributed by atoms with Gasteiger partial charge in [0.2, 0.25) is 5.91 Å². The van der Waals surface area contributed by atoms with Crippen LogP contribution in [-0.2, 0) is 9.59 Å². The first-order valence-corrected chi connectivity index (χ1v) is 5.48. The maximum absolute atomic E-state index is 11.3. The van der Waals surface area contributed by atoms with E-state index in [1.807, 2.05) is 0 Å². The third-order valence-corrected chi connectivity index (χ3v) is 2.13. The van der Waals surface area contributed by atoms with Crippen molar-refractivity contribution >= 4 is 11.9 Å². The number of aliphatic carboxylic acids is 1.